The summed E-state index contributed by atoms with van der Waals surface area (Å²) in [5.74, 6) is 0.532. The van der Waals surface area contributed by atoms with Gasteiger partial charge in [0.2, 0.25) is 0 Å². The van der Waals surface area contributed by atoms with Gasteiger partial charge < -0.3 is 19.1 Å². The number of amides is 2. The number of hydrogen-bond donors (Lipinski definition) is 0. The molecule has 2 heterocycles. The van der Waals surface area contributed by atoms with E-state index in [0.717, 1.165) is 0 Å². The van der Waals surface area contributed by atoms with E-state index in [2.05, 4.69) is 0 Å². The zero-order valence-corrected chi connectivity index (χ0v) is 13.9. The molecule has 1 aliphatic rings. The molecule has 1 aliphatic heterocycles. The summed E-state index contributed by atoms with van der Waals surface area (Å²) in [6.45, 7) is 2.12. The van der Waals surface area contributed by atoms with Crippen LogP contribution in [-0.4, -0.2) is 59.5 Å². The molecule has 1 saturated heterocycles. The Morgan fingerprint density at radius 1 is 0.958 bits per heavy atom. The van der Waals surface area contributed by atoms with Crippen LogP contribution in [0.3, 0.4) is 0 Å². The van der Waals surface area contributed by atoms with E-state index in [1.165, 1.54) is 0 Å². The van der Waals surface area contributed by atoms with Gasteiger partial charge in [-0.2, -0.15) is 0 Å². The molecule has 0 aliphatic carbocycles. The van der Waals surface area contributed by atoms with Crippen LogP contribution < -0.4 is 4.74 Å². The second kappa shape index (κ2) is 6.78. The van der Waals surface area contributed by atoms with E-state index in [-0.39, 0.29) is 11.8 Å². The highest BCUT2D eigenvalue weighted by Crippen LogP contribution is 2.20. The highest BCUT2D eigenvalue weighted by molar-refractivity contribution is 5.97. The van der Waals surface area contributed by atoms with Crippen molar-refractivity contribution in [2.75, 3.05) is 33.3 Å². The average Bonchev–Trinajstić information content (AvgIpc) is 3.07. The lowest BCUT2D eigenvalue weighted by molar-refractivity contribution is 0.0533. The molecule has 0 saturated carbocycles. The maximum Gasteiger partial charge on any atom is 0.257 e. The van der Waals surface area contributed by atoms with E-state index in [1.807, 2.05) is 42.2 Å². The summed E-state index contributed by atoms with van der Waals surface area (Å²) < 4.78 is 7.12. The Hall–Kier alpha value is -2.76. The van der Waals surface area contributed by atoms with Gasteiger partial charge in [-0.1, -0.05) is 12.1 Å². The van der Waals surface area contributed by atoms with Crippen LogP contribution >= 0.6 is 0 Å². The van der Waals surface area contributed by atoms with Crippen molar-refractivity contribution in [3.05, 3.63) is 53.9 Å². The number of aromatic nitrogens is 1. The van der Waals surface area contributed by atoms with Crippen molar-refractivity contribution in [1.29, 1.82) is 0 Å². The SMILES string of the molecule is COc1ccccc1C(=O)N1CCN(C(=O)c2ccn(C)c2)CC1. The van der Waals surface area contributed by atoms with Crippen LogP contribution in [0.15, 0.2) is 42.7 Å². The van der Waals surface area contributed by atoms with Crippen LogP contribution in [0.2, 0.25) is 0 Å². The molecule has 1 fully saturated rings. The fourth-order valence-electron chi connectivity index (χ4n) is 2.92. The Labute approximate surface area is 141 Å². The van der Waals surface area contributed by atoms with Gasteiger partial charge in [-0.3, -0.25) is 9.59 Å². The lowest BCUT2D eigenvalue weighted by atomic mass is 10.1. The minimum Gasteiger partial charge on any atom is -0.496 e. The summed E-state index contributed by atoms with van der Waals surface area (Å²) in [6.07, 6.45) is 3.67. The van der Waals surface area contributed by atoms with Crippen LogP contribution in [0, 0.1) is 0 Å². The first-order valence-electron chi connectivity index (χ1n) is 7.93. The molecule has 0 unspecified atom stereocenters. The van der Waals surface area contributed by atoms with Crippen molar-refractivity contribution in [3.63, 3.8) is 0 Å². The summed E-state index contributed by atoms with van der Waals surface area (Å²) in [5, 5.41) is 0. The van der Waals surface area contributed by atoms with Crippen molar-refractivity contribution in [2.45, 2.75) is 0 Å². The number of nitrogens with zero attached hydrogens (tertiary/aromatic N) is 3. The van der Waals surface area contributed by atoms with E-state index in [9.17, 15) is 9.59 Å². The molecule has 6 heteroatoms. The van der Waals surface area contributed by atoms with Gasteiger partial charge in [-0.25, -0.2) is 0 Å². The Balaban J connectivity index is 1.64. The quantitative estimate of drug-likeness (QED) is 0.861. The predicted molar refractivity (Wildman–Crippen MR) is 90.2 cm³/mol. The van der Waals surface area contributed by atoms with Gasteiger partial charge in [0.25, 0.3) is 11.8 Å². The lowest BCUT2D eigenvalue weighted by Crippen LogP contribution is -2.50. The first-order valence-corrected chi connectivity index (χ1v) is 7.93. The molecule has 2 aromatic rings. The van der Waals surface area contributed by atoms with Gasteiger partial charge in [0.05, 0.1) is 18.2 Å². The Kier molecular flexibility index (Phi) is 4.55. The molecule has 0 radical (unpaired) electrons. The van der Waals surface area contributed by atoms with E-state index < -0.39 is 0 Å². The number of piperazine rings is 1. The first-order chi connectivity index (χ1) is 11.6. The zero-order valence-electron chi connectivity index (χ0n) is 13.9. The average molecular weight is 327 g/mol. The summed E-state index contributed by atoms with van der Waals surface area (Å²) >= 11 is 0. The third kappa shape index (κ3) is 3.13. The number of ether oxygens (including phenoxy) is 1. The van der Waals surface area contributed by atoms with Crippen LogP contribution in [0.5, 0.6) is 5.75 Å². The second-order valence-electron chi connectivity index (χ2n) is 5.85. The third-order valence-corrected chi connectivity index (χ3v) is 4.27. The number of rotatable bonds is 3. The Bertz CT molecular complexity index is 745. The van der Waals surface area contributed by atoms with Gasteiger partial charge in [0, 0.05) is 45.6 Å². The number of carbonyl (C=O) groups excluding carboxylic acids is 2. The largest absolute Gasteiger partial charge is 0.496 e. The molecule has 0 N–H and O–H groups in total. The predicted octanol–water partition coefficient (Wildman–Crippen LogP) is 1.63. The number of para-hydroxylation sites is 1. The topological polar surface area (TPSA) is 54.8 Å². The van der Waals surface area contributed by atoms with Crippen molar-refractivity contribution in [3.8, 4) is 5.75 Å². The summed E-state index contributed by atoms with van der Waals surface area (Å²) in [4.78, 5) is 28.7. The van der Waals surface area contributed by atoms with Gasteiger partial charge in [-0.15, -0.1) is 0 Å². The molecular formula is C18H21N3O3. The molecule has 126 valence electrons. The van der Waals surface area contributed by atoms with Crippen LogP contribution in [-0.2, 0) is 7.05 Å². The normalized spacial score (nSPS) is 14.6. The van der Waals surface area contributed by atoms with E-state index in [0.29, 0.717) is 43.1 Å². The molecule has 3 rings (SSSR count). The summed E-state index contributed by atoms with van der Waals surface area (Å²) in [6, 6.07) is 9.02. The fraction of sp³-hybridized carbons (Fsp3) is 0.333. The second-order valence-corrected chi connectivity index (χ2v) is 5.85. The lowest BCUT2D eigenvalue weighted by Gasteiger charge is -2.34. The Morgan fingerprint density at radius 2 is 1.58 bits per heavy atom. The molecule has 0 atom stereocenters. The van der Waals surface area contributed by atoms with Crippen LogP contribution in [0.1, 0.15) is 20.7 Å². The van der Waals surface area contributed by atoms with Gasteiger partial charge in [-0.05, 0) is 18.2 Å². The van der Waals surface area contributed by atoms with Gasteiger partial charge in [0.15, 0.2) is 0 Å². The number of aryl methyl sites for hydroxylation is 1. The smallest absolute Gasteiger partial charge is 0.257 e. The standard InChI is InChI=1S/C18H21N3O3/c1-19-8-7-14(13-19)17(22)20-9-11-21(12-10-20)18(23)15-5-3-4-6-16(15)24-2/h3-8,13H,9-12H2,1-2H3. The molecule has 6 nitrogen and oxygen atoms in total. The highest BCUT2D eigenvalue weighted by atomic mass is 16.5. The van der Waals surface area contributed by atoms with E-state index in [4.69, 9.17) is 4.74 Å². The fourth-order valence-corrected chi connectivity index (χ4v) is 2.92. The van der Waals surface area contributed by atoms with Crippen molar-refractivity contribution < 1.29 is 14.3 Å². The minimum absolute atomic E-state index is 0.0139. The van der Waals surface area contributed by atoms with Crippen molar-refractivity contribution in [1.82, 2.24) is 14.4 Å². The minimum atomic E-state index is -0.0562. The van der Waals surface area contributed by atoms with Crippen LogP contribution in [0.25, 0.3) is 0 Å². The monoisotopic (exact) mass is 327 g/mol. The number of benzene rings is 1. The summed E-state index contributed by atoms with van der Waals surface area (Å²) in [7, 11) is 3.45. The van der Waals surface area contributed by atoms with Gasteiger partial charge >= 0.3 is 0 Å². The molecular weight excluding hydrogens is 306 g/mol. The van der Waals surface area contributed by atoms with Crippen molar-refractivity contribution in [2.24, 2.45) is 7.05 Å². The molecule has 0 spiro atoms. The molecule has 1 aromatic heterocycles. The number of hydrogen-bond acceptors (Lipinski definition) is 3. The first kappa shape index (κ1) is 16.1. The number of carbonyl (C=O) groups is 2. The molecule has 0 bridgehead atoms. The number of methoxy groups -OCH3 is 1. The van der Waals surface area contributed by atoms with Crippen molar-refractivity contribution >= 4 is 11.8 Å². The highest BCUT2D eigenvalue weighted by Gasteiger charge is 2.26. The molecule has 2 amide bonds. The zero-order chi connectivity index (χ0) is 17.1. The maximum atomic E-state index is 12.7. The van der Waals surface area contributed by atoms with Gasteiger partial charge in [0.1, 0.15) is 5.75 Å². The molecule has 1 aromatic carbocycles. The maximum absolute atomic E-state index is 12.7. The molecule has 24 heavy (non-hydrogen) atoms. The Morgan fingerprint density at radius 3 is 2.17 bits per heavy atom. The summed E-state index contributed by atoms with van der Waals surface area (Å²) in [5.41, 5.74) is 1.24. The van der Waals surface area contributed by atoms with Crippen LogP contribution in [0.4, 0.5) is 0 Å². The van der Waals surface area contributed by atoms with E-state index >= 15 is 0 Å². The third-order valence-electron chi connectivity index (χ3n) is 4.27. The van der Waals surface area contributed by atoms with E-state index in [1.54, 1.807) is 29.0 Å².